The molecule has 0 aliphatic heterocycles. The molecule has 0 saturated heterocycles. The molecule has 0 amide bonds. The fraction of sp³-hybridized carbons (Fsp3) is 0.0952. The predicted octanol–water partition coefficient (Wildman–Crippen LogP) is 4.52. The molecule has 0 aliphatic rings. The topological polar surface area (TPSA) is 114 Å². The highest BCUT2D eigenvalue weighted by molar-refractivity contribution is 7.93. The number of sulfonamides is 1. The first-order chi connectivity index (χ1) is 14.8. The van der Waals surface area contributed by atoms with E-state index in [9.17, 15) is 18.5 Å². The highest BCUT2D eigenvalue weighted by Gasteiger charge is 2.31. The third-order valence-electron chi connectivity index (χ3n) is 4.46. The zero-order chi connectivity index (χ0) is 22.6. The largest absolute Gasteiger partial charge is 0.495 e. The Morgan fingerprint density at radius 2 is 1.81 bits per heavy atom. The number of methoxy groups -OCH3 is 1. The van der Waals surface area contributed by atoms with E-state index in [1.54, 1.807) is 48.5 Å². The van der Waals surface area contributed by atoms with Gasteiger partial charge in [0.15, 0.2) is 0 Å². The van der Waals surface area contributed by atoms with Gasteiger partial charge in [0.2, 0.25) is 0 Å². The molecule has 8 nitrogen and oxygen atoms in total. The molecule has 10 heteroatoms. The van der Waals surface area contributed by atoms with Crippen LogP contribution in [-0.4, -0.2) is 20.5 Å². The molecule has 0 fully saturated rings. The van der Waals surface area contributed by atoms with E-state index in [1.807, 2.05) is 6.07 Å². The maximum atomic E-state index is 13.6. The summed E-state index contributed by atoms with van der Waals surface area (Å²) in [6, 6.07) is 18.1. The van der Waals surface area contributed by atoms with Gasteiger partial charge in [-0.15, -0.1) is 0 Å². The summed E-state index contributed by atoms with van der Waals surface area (Å²) in [5.74, 6) is 0.293. The number of anilines is 1. The number of ether oxygens (including phenoxy) is 1. The minimum Gasteiger partial charge on any atom is -0.495 e. The molecule has 0 atom stereocenters. The van der Waals surface area contributed by atoms with Gasteiger partial charge < -0.3 is 4.74 Å². The summed E-state index contributed by atoms with van der Waals surface area (Å²) in [5.41, 5.74) is 0.852. The van der Waals surface area contributed by atoms with Crippen LogP contribution in [0.1, 0.15) is 11.1 Å². The monoisotopic (exact) mass is 457 g/mol. The van der Waals surface area contributed by atoms with Crippen molar-refractivity contribution < 1.29 is 18.1 Å². The summed E-state index contributed by atoms with van der Waals surface area (Å²) < 4.78 is 33.7. The first-order valence-corrected chi connectivity index (χ1v) is 10.7. The Morgan fingerprint density at radius 1 is 1.13 bits per heavy atom. The van der Waals surface area contributed by atoms with Gasteiger partial charge in [-0.3, -0.25) is 14.4 Å². The summed E-state index contributed by atoms with van der Waals surface area (Å²) in [5, 5.41) is 20.0. The fourth-order valence-electron chi connectivity index (χ4n) is 2.91. The van der Waals surface area contributed by atoms with Crippen LogP contribution < -0.4 is 9.04 Å². The van der Waals surface area contributed by atoms with Crippen LogP contribution in [0.5, 0.6) is 5.75 Å². The van der Waals surface area contributed by atoms with Crippen molar-refractivity contribution in [2.24, 2.45) is 0 Å². The zero-order valence-corrected chi connectivity index (χ0v) is 17.8. The number of nitro benzene ring substituents is 1. The maximum absolute atomic E-state index is 13.6. The van der Waals surface area contributed by atoms with E-state index in [2.05, 4.69) is 0 Å². The SMILES string of the molecule is COc1ccccc1N(Cc1ccc(C#N)cc1)S(=O)(=O)c1cc([N+](=O)[O-])ccc1Cl. The molecule has 0 aromatic heterocycles. The number of nitriles is 1. The van der Waals surface area contributed by atoms with Crippen molar-refractivity contribution in [3.05, 3.63) is 93.0 Å². The van der Waals surface area contributed by atoms with E-state index < -0.39 is 25.5 Å². The van der Waals surface area contributed by atoms with Crippen LogP contribution in [0.15, 0.2) is 71.6 Å². The van der Waals surface area contributed by atoms with Gasteiger partial charge in [0, 0.05) is 12.1 Å². The fourth-order valence-corrected chi connectivity index (χ4v) is 4.87. The Bertz CT molecular complexity index is 1270. The first kappa shape index (κ1) is 22.1. The molecule has 31 heavy (non-hydrogen) atoms. The quantitative estimate of drug-likeness (QED) is 0.380. The van der Waals surface area contributed by atoms with Crippen molar-refractivity contribution in [3.8, 4) is 11.8 Å². The number of nitro groups is 1. The van der Waals surface area contributed by atoms with Crippen molar-refractivity contribution >= 4 is 33.0 Å². The Labute approximate surface area is 184 Å². The van der Waals surface area contributed by atoms with Crippen LogP contribution in [0, 0.1) is 21.4 Å². The lowest BCUT2D eigenvalue weighted by molar-refractivity contribution is -0.385. The molecule has 0 bridgehead atoms. The maximum Gasteiger partial charge on any atom is 0.270 e. The average molecular weight is 458 g/mol. The molecule has 0 spiro atoms. The van der Waals surface area contributed by atoms with Crippen LogP contribution in [0.25, 0.3) is 0 Å². The first-order valence-electron chi connectivity index (χ1n) is 8.86. The summed E-state index contributed by atoms with van der Waals surface area (Å²) in [6.07, 6.45) is 0. The van der Waals surface area contributed by atoms with Gasteiger partial charge in [-0.2, -0.15) is 5.26 Å². The Kier molecular flexibility index (Phi) is 6.44. The normalized spacial score (nSPS) is 10.9. The second-order valence-corrected chi connectivity index (χ2v) is 8.60. The lowest BCUT2D eigenvalue weighted by atomic mass is 10.1. The van der Waals surface area contributed by atoms with Gasteiger partial charge >= 0.3 is 0 Å². The van der Waals surface area contributed by atoms with Gasteiger partial charge in [0.1, 0.15) is 10.6 Å². The molecule has 3 rings (SSSR count). The van der Waals surface area contributed by atoms with E-state index in [0.717, 1.165) is 16.4 Å². The summed E-state index contributed by atoms with van der Waals surface area (Å²) in [6.45, 7) is -0.118. The van der Waals surface area contributed by atoms with E-state index in [4.69, 9.17) is 21.6 Å². The van der Waals surface area contributed by atoms with Crippen LogP contribution in [0.4, 0.5) is 11.4 Å². The minimum atomic E-state index is -4.34. The van der Waals surface area contributed by atoms with Crippen molar-refractivity contribution in [2.45, 2.75) is 11.4 Å². The Balaban J connectivity index is 2.18. The molecule has 0 radical (unpaired) electrons. The van der Waals surface area contributed by atoms with Gasteiger partial charge in [0.05, 0.1) is 40.9 Å². The van der Waals surface area contributed by atoms with Gasteiger partial charge in [-0.05, 0) is 35.9 Å². The number of halogens is 1. The number of benzene rings is 3. The van der Waals surface area contributed by atoms with Crippen molar-refractivity contribution in [1.82, 2.24) is 0 Å². The number of nitrogens with zero attached hydrogens (tertiary/aromatic N) is 3. The summed E-state index contributed by atoms with van der Waals surface area (Å²) in [7, 11) is -2.93. The zero-order valence-electron chi connectivity index (χ0n) is 16.2. The van der Waals surface area contributed by atoms with E-state index in [0.29, 0.717) is 16.9 Å². The molecule has 0 heterocycles. The summed E-state index contributed by atoms with van der Waals surface area (Å²) >= 11 is 6.14. The molecule has 3 aromatic rings. The molecule has 0 unspecified atom stereocenters. The van der Waals surface area contributed by atoms with E-state index >= 15 is 0 Å². The van der Waals surface area contributed by atoms with Gasteiger partial charge in [-0.25, -0.2) is 8.42 Å². The van der Waals surface area contributed by atoms with Crippen LogP contribution in [0.3, 0.4) is 0 Å². The number of rotatable bonds is 7. The molecule has 3 aromatic carbocycles. The Morgan fingerprint density at radius 3 is 2.42 bits per heavy atom. The third-order valence-corrected chi connectivity index (χ3v) is 6.70. The van der Waals surface area contributed by atoms with Crippen molar-refractivity contribution in [1.29, 1.82) is 5.26 Å². The highest BCUT2D eigenvalue weighted by atomic mass is 35.5. The van der Waals surface area contributed by atoms with Crippen LogP contribution in [0.2, 0.25) is 5.02 Å². The number of non-ortho nitro benzene ring substituents is 1. The minimum absolute atomic E-state index is 0.118. The highest BCUT2D eigenvalue weighted by Crippen LogP contribution is 2.36. The predicted molar refractivity (Wildman–Crippen MR) is 116 cm³/mol. The number of hydrogen-bond donors (Lipinski definition) is 0. The second kappa shape index (κ2) is 9.04. The van der Waals surface area contributed by atoms with Gasteiger partial charge in [-0.1, -0.05) is 35.9 Å². The molecular weight excluding hydrogens is 442 g/mol. The van der Waals surface area contributed by atoms with Crippen molar-refractivity contribution in [2.75, 3.05) is 11.4 Å². The third kappa shape index (κ3) is 4.60. The Hall–Kier alpha value is -3.61. The van der Waals surface area contributed by atoms with E-state index in [-0.39, 0.29) is 17.3 Å². The summed E-state index contributed by atoms with van der Waals surface area (Å²) in [4.78, 5) is 10.1. The lowest BCUT2D eigenvalue weighted by Gasteiger charge is -2.26. The number of para-hydroxylation sites is 2. The lowest BCUT2D eigenvalue weighted by Crippen LogP contribution is -2.31. The molecular formula is C21H16ClN3O5S. The molecule has 0 saturated carbocycles. The average Bonchev–Trinajstić information content (AvgIpc) is 2.77. The number of hydrogen-bond acceptors (Lipinski definition) is 6. The second-order valence-electron chi connectivity index (χ2n) is 6.36. The molecule has 0 N–H and O–H groups in total. The van der Waals surface area contributed by atoms with Crippen molar-refractivity contribution in [3.63, 3.8) is 0 Å². The smallest absolute Gasteiger partial charge is 0.270 e. The standard InChI is InChI=1S/C21H16ClN3O5S/c1-30-20-5-3-2-4-19(20)24(14-16-8-6-15(13-23)7-9-16)31(28,29)21-12-17(25(26)27)10-11-18(21)22/h2-12H,14H2,1H3. The van der Waals surface area contributed by atoms with Crippen LogP contribution >= 0.6 is 11.6 Å². The van der Waals surface area contributed by atoms with Crippen LogP contribution in [-0.2, 0) is 16.6 Å². The molecule has 0 aliphatic carbocycles. The van der Waals surface area contributed by atoms with E-state index in [1.165, 1.54) is 13.2 Å². The van der Waals surface area contributed by atoms with Gasteiger partial charge in [0.25, 0.3) is 15.7 Å². The molecule has 158 valence electrons.